The Morgan fingerprint density at radius 1 is 1.21 bits per heavy atom. The molecule has 1 saturated heterocycles. The Hall–Kier alpha value is -2.07. The van der Waals surface area contributed by atoms with E-state index in [1.54, 1.807) is 0 Å². The third-order valence-corrected chi connectivity index (χ3v) is 6.09. The Kier molecular flexibility index (Phi) is 6.29. The first kappa shape index (κ1) is 20.7. The number of carbonyl (C=O) groups is 1. The maximum Gasteiger partial charge on any atom is 0.255 e. The van der Waals surface area contributed by atoms with E-state index in [0.29, 0.717) is 12.7 Å². The number of ether oxygens (including phenoxy) is 1. The third kappa shape index (κ3) is 4.85. The molecule has 0 bridgehead atoms. The fourth-order valence-electron chi connectivity index (χ4n) is 2.72. The zero-order chi connectivity index (χ0) is 20.3. The number of nitrogens with one attached hydrogen (secondary N) is 2. The lowest BCUT2D eigenvalue weighted by Gasteiger charge is -2.13. The van der Waals surface area contributed by atoms with Crippen LogP contribution in [-0.4, -0.2) is 33.6 Å². The molecule has 6 nitrogen and oxygen atoms in total. The van der Waals surface area contributed by atoms with Crippen molar-refractivity contribution in [2.75, 3.05) is 18.5 Å². The molecule has 28 heavy (non-hydrogen) atoms. The van der Waals surface area contributed by atoms with E-state index < -0.39 is 27.6 Å². The van der Waals surface area contributed by atoms with Gasteiger partial charge in [0.15, 0.2) is 0 Å². The molecular formula is C18H17ClF2N2O4S. The van der Waals surface area contributed by atoms with Crippen molar-refractivity contribution in [2.24, 2.45) is 0 Å². The lowest BCUT2D eigenvalue weighted by atomic mass is 10.2. The molecule has 0 radical (unpaired) electrons. The van der Waals surface area contributed by atoms with Crippen LogP contribution < -0.4 is 10.0 Å². The van der Waals surface area contributed by atoms with Gasteiger partial charge in [-0.3, -0.25) is 4.79 Å². The lowest BCUT2D eigenvalue weighted by molar-refractivity contribution is 0.102. The minimum absolute atomic E-state index is 0.0504. The van der Waals surface area contributed by atoms with Crippen molar-refractivity contribution in [3.05, 3.63) is 58.6 Å². The Bertz CT molecular complexity index is 995. The van der Waals surface area contributed by atoms with Crippen LogP contribution >= 0.6 is 11.6 Å². The highest BCUT2D eigenvalue weighted by atomic mass is 35.5. The molecule has 1 atom stereocenters. The summed E-state index contributed by atoms with van der Waals surface area (Å²) in [4.78, 5) is 12.1. The van der Waals surface area contributed by atoms with E-state index in [9.17, 15) is 22.0 Å². The SMILES string of the molecule is O=C(Nc1ccc(F)cc1F)c1ccc(Cl)c(S(=O)(=O)NCC2CCCO2)c1. The monoisotopic (exact) mass is 430 g/mol. The van der Waals surface area contributed by atoms with E-state index in [0.717, 1.165) is 31.0 Å². The molecule has 2 N–H and O–H groups in total. The second-order valence-corrected chi connectivity index (χ2v) is 8.35. The molecule has 1 heterocycles. The van der Waals surface area contributed by atoms with Gasteiger partial charge in [0.2, 0.25) is 10.0 Å². The van der Waals surface area contributed by atoms with Crippen LogP contribution in [-0.2, 0) is 14.8 Å². The smallest absolute Gasteiger partial charge is 0.255 e. The van der Waals surface area contributed by atoms with Gasteiger partial charge in [0, 0.05) is 24.8 Å². The van der Waals surface area contributed by atoms with Crippen LogP contribution in [0.25, 0.3) is 0 Å². The van der Waals surface area contributed by atoms with Gasteiger partial charge in [-0.05, 0) is 43.2 Å². The summed E-state index contributed by atoms with van der Waals surface area (Å²) in [6.07, 6.45) is 1.41. The van der Waals surface area contributed by atoms with Crippen LogP contribution in [0.4, 0.5) is 14.5 Å². The van der Waals surface area contributed by atoms with Crippen molar-refractivity contribution in [1.29, 1.82) is 0 Å². The molecule has 0 saturated carbocycles. The minimum atomic E-state index is -3.99. The highest BCUT2D eigenvalue weighted by Gasteiger charge is 2.23. The molecule has 0 aromatic heterocycles. The number of hydrogen-bond acceptors (Lipinski definition) is 4. The summed E-state index contributed by atoms with van der Waals surface area (Å²) in [7, 11) is -3.99. The highest BCUT2D eigenvalue weighted by Crippen LogP contribution is 2.24. The molecule has 1 fully saturated rings. The number of carbonyl (C=O) groups excluding carboxylic acids is 1. The summed E-state index contributed by atoms with van der Waals surface area (Å²) in [5.41, 5.74) is -0.284. The first-order valence-corrected chi connectivity index (χ1v) is 10.3. The van der Waals surface area contributed by atoms with Gasteiger partial charge < -0.3 is 10.1 Å². The van der Waals surface area contributed by atoms with E-state index in [1.165, 1.54) is 12.1 Å². The lowest BCUT2D eigenvalue weighted by Crippen LogP contribution is -2.32. The van der Waals surface area contributed by atoms with Crippen molar-refractivity contribution < 1.29 is 26.7 Å². The summed E-state index contributed by atoms with van der Waals surface area (Å²) in [6, 6.07) is 6.35. The summed E-state index contributed by atoms with van der Waals surface area (Å²) < 4.78 is 59.6. The molecule has 1 unspecified atom stereocenters. The second kappa shape index (κ2) is 8.52. The molecule has 10 heteroatoms. The summed E-state index contributed by atoms with van der Waals surface area (Å²) in [5.74, 6) is -2.50. The van der Waals surface area contributed by atoms with Crippen LogP contribution in [0.2, 0.25) is 5.02 Å². The second-order valence-electron chi connectivity index (χ2n) is 6.21. The van der Waals surface area contributed by atoms with Crippen LogP contribution in [0.15, 0.2) is 41.3 Å². The number of sulfonamides is 1. The van der Waals surface area contributed by atoms with Crippen molar-refractivity contribution in [2.45, 2.75) is 23.8 Å². The Labute approximate surface area is 165 Å². The van der Waals surface area contributed by atoms with E-state index in [-0.39, 0.29) is 33.8 Å². The zero-order valence-electron chi connectivity index (χ0n) is 14.5. The number of rotatable bonds is 6. The van der Waals surface area contributed by atoms with Gasteiger partial charge in [-0.15, -0.1) is 0 Å². The van der Waals surface area contributed by atoms with Crippen molar-refractivity contribution in [1.82, 2.24) is 4.72 Å². The number of anilines is 1. The maximum absolute atomic E-state index is 13.7. The van der Waals surface area contributed by atoms with Gasteiger partial charge in [0.25, 0.3) is 5.91 Å². The van der Waals surface area contributed by atoms with Crippen LogP contribution in [0.5, 0.6) is 0 Å². The predicted octanol–water partition coefficient (Wildman–Crippen LogP) is 3.33. The molecule has 2 aromatic carbocycles. The number of halogens is 3. The Morgan fingerprint density at radius 3 is 2.68 bits per heavy atom. The first-order valence-electron chi connectivity index (χ1n) is 8.43. The highest BCUT2D eigenvalue weighted by molar-refractivity contribution is 7.89. The van der Waals surface area contributed by atoms with Crippen LogP contribution in [0.1, 0.15) is 23.2 Å². The standard InChI is InChI=1S/C18H17ClF2N2O4S/c19-14-5-3-11(18(24)23-16-6-4-12(20)9-15(16)21)8-17(14)28(25,26)22-10-13-2-1-7-27-13/h3-6,8-9,13,22H,1-2,7,10H2,(H,23,24). The van der Waals surface area contributed by atoms with E-state index >= 15 is 0 Å². The van der Waals surface area contributed by atoms with E-state index in [4.69, 9.17) is 16.3 Å². The van der Waals surface area contributed by atoms with Gasteiger partial charge in [-0.1, -0.05) is 11.6 Å². The van der Waals surface area contributed by atoms with E-state index in [2.05, 4.69) is 10.0 Å². The third-order valence-electron chi connectivity index (χ3n) is 4.19. The molecular weight excluding hydrogens is 414 g/mol. The molecule has 0 spiro atoms. The number of hydrogen-bond donors (Lipinski definition) is 2. The van der Waals surface area contributed by atoms with Gasteiger partial charge in [-0.25, -0.2) is 21.9 Å². The molecule has 2 aromatic rings. The molecule has 150 valence electrons. The maximum atomic E-state index is 13.7. The molecule has 1 aliphatic rings. The van der Waals surface area contributed by atoms with Gasteiger partial charge in [-0.2, -0.15) is 0 Å². The largest absolute Gasteiger partial charge is 0.377 e. The van der Waals surface area contributed by atoms with Gasteiger partial charge in [0.1, 0.15) is 16.5 Å². The van der Waals surface area contributed by atoms with Crippen LogP contribution in [0, 0.1) is 11.6 Å². The van der Waals surface area contributed by atoms with Gasteiger partial charge >= 0.3 is 0 Å². The normalized spacial score (nSPS) is 16.9. The summed E-state index contributed by atoms with van der Waals surface area (Å²) in [5, 5.41) is 2.20. The summed E-state index contributed by atoms with van der Waals surface area (Å²) >= 11 is 6.00. The van der Waals surface area contributed by atoms with E-state index in [1.807, 2.05) is 0 Å². The molecule has 1 amide bonds. The molecule has 3 rings (SSSR count). The first-order chi connectivity index (χ1) is 13.3. The number of benzene rings is 2. The van der Waals surface area contributed by atoms with Crippen LogP contribution in [0.3, 0.4) is 0 Å². The Morgan fingerprint density at radius 2 is 2.00 bits per heavy atom. The summed E-state index contributed by atoms with van der Waals surface area (Å²) in [6.45, 7) is 0.679. The average molecular weight is 431 g/mol. The minimum Gasteiger partial charge on any atom is -0.377 e. The topological polar surface area (TPSA) is 84.5 Å². The van der Waals surface area contributed by atoms with Crippen molar-refractivity contribution in [3.63, 3.8) is 0 Å². The quantitative estimate of drug-likeness (QED) is 0.736. The molecule has 0 aliphatic carbocycles. The van der Waals surface area contributed by atoms with Gasteiger partial charge in [0.05, 0.1) is 16.8 Å². The van der Waals surface area contributed by atoms with Crippen molar-refractivity contribution in [3.8, 4) is 0 Å². The fraction of sp³-hybridized carbons (Fsp3) is 0.278. The number of amides is 1. The fourth-order valence-corrected chi connectivity index (χ4v) is 4.31. The average Bonchev–Trinajstić information content (AvgIpc) is 3.16. The zero-order valence-corrected chi connectivity index (χ0v) is 16.1. The van der Waals surface area contributed by atoms with Crippen molar-refractivity contribution >= 4 is 33.2 Å². The Balaban J connectivity index is 1.78. The molecule has 1 aliphatic heterocycles. The predicted molar refractivity (Wildman–Crippen MR) is 99.9 cm³/mol.